The van der Waals surface area contributed by atoms with Crippen LogP contribution in [-0.2, 0) is 0 Å². The van der Waals surface area contributed by atoms with Crippen LogP contribution in [0.5, 0.6) is 0 Å². The summed E-state index contributed by atoms with van der Waals surface area (Å²) >= 11 is 0. The number of aromatic amines is 1. The number of piperidine rings is 1. The molecular formula is C13H22N4O. The van der Waals surface area contributed by atoms with E-state index in [1.54, 1.807) is 0 Å². The molecular weight excluding hydrogens is 228 g/mol. The van der Waals surface area contributed by atoms with Crippen molar-refractivity contribution in [3.05, 3.63) is 22.7 Å². The Bertz CT molecular complexity index is 411. The van der Waals surface area contributed by atoms with Gasteiger partial charge in [-0.25, -0.2) is 4.98 Å². The molecule has 1 atom stereocenters. The van der Waals surface area contributed by atoms with Crippen LogP contribution >= 0.6 is 0 Å². The van der Waals surface area contributed by atoms with Crippen LogP contribution in [0.1, 0.15) is 26.2 Å². The van der Waals surface area contributed by atoms with Crippen LogP contribution < -0.4 is 10.9 Å². The van der Waals surface area contributed by atoms with Gasteiger partial charge in [0.25, 0.3) is 5.56 Å². The maximum atomic E-state index is 11.1. The Morgan fingerprint density at radius 2 is 2.22 bits per heavy atom. The van der Waals surface area contributed by atoms with Crippen molar-refractivity contribution in [2.24, 2.45) is 5.92 Å². The number of hydrogen-bond donors (Lipinski definition) is 2. The Hall–Kier alpha value is -1.36. The van der Waals surface area contributed by atoms with Gasteiger partial charge >= 0.3 is 0 Å². The molecule has 0 saturated carbocycles. The lowest BCUT2D eigenvalue weighted by Gasteiger charge is -2.29. The van der Waals surface area contributed by atoms with Crippen LogP contribution in [0.3, 0.4) is 0 Å². The summed E-state index contributed by atoms with van der Waals surface area (Å²) in [6.07, 6.45) is 5.46. The molecule has 1 aliphatic rings. The minimum absolute atomic E-state index is 0.115. The van der Waals surface area contributed by atoms with Gasteiger partial charge in [-0.15, -0.1) is 0 Å². The van der Waals surface area contributed by atoms with E-state index >= 15 is 0 Å². The number of rotatable bonds is 5. The van der Waals surface area contributed by atoms with Gasteiger partial charge < -0.3 is 15.2 Å². The normalized spacial score (nSPS) is 18.5. The zero-order valence-electron chi connectivity index (χ0n) is 11.0. The van der Waals surface area contributed by atoms with Crippen molar-refractivity contribution < 1.29 is 0 Å². The smallest absolute Gasteiger partial charge is 0.252 e. The topological polar surface area (TPSA) is 61.0 Å². The Balaban J connectivity index is 1.74. The Kier molecular flexibility index (Phi) is 4.75. The zero-order chi connectivity index (χ0) is 12.8. The van der Waals surface area contributed by atoms with Gasteiger partial charge in [0.1, 0.15) is 5.82 Å². The summed E-state index contributed by atoms with van der Waals surface area (Å²) < 4.78 is 0. The van der Waals surface area contributed by atoms with Gasteiger partial charge in [0, 0.05) is 19.2 Å². The monoisotopic (exact) mass is 250 g/mol. The first-order valence-electron chi connectivity index (χ1n) is 6.75. The number of nitrogens with zero attached hydrogens (tertiary/aromatic N) is 2. The van der Waals surface area contributed by atoms with E-state index < -0.39 is 0 Å². The highest BCUT2D eigenvalue weighted by molar-refractivity contribution is 5.31. The molecule has 0 radical (unpaired) electrons. The summed E-state index contributed by atoms with van der Waals surface area (Å²) in [5.41, 5.74) is -0.115. The molecule has 0 aromatic carbocycles. The number of nitrogens with one attached hydrogen (secondary N) is 2. The third-order valence-electron chi connectivity index (χ3n) is 3.33. The Labute approximate surface area is 108 Å². The molecule has 2 heterocycles. The van der Waals surface area contributed by atoms with Gasteiger partial charge in [0.2, 0.25) is 0 Å². The molecule has 1 unspecified atom stereocenters. The van der Waals surface area contributed by atoms with Crippen LogP contribution in [0.4, 0.5) is 5.82 Å². The molecule has 100 valence electrons. The quantitative estimate of drug-likeness (QED) is 0.827. The molecule has 0 amide bonds. The standard InChI is InChI=1S/C13H22N4O/c1-11(9-17-5-3-2-4-6-17)8-14-12-7-13(18)16-10-15-12/h7,10-11H,2-6,8-9H2,1H3,(H2,14,15,16,18). The zero-order valence-corrected chi connectivity index (χ0v) is 11.0. The maximum absolute atomic E-state index is 11.1. The van der Waals surface area contributed by atoms with Crippen molar-refractivity contribution in [2.45, 2.75) is 26.2 Å². The molecule has 1 saturated heterocycles. The van der Waals surface area contributed by atoms with Gasteiger partial charge in [-0.05, 0) is 31.8 Å². The first-order chi connectivity index (χ1) is 8.74. The summed E-state index contributed by atoms with van der Waals surface area (Å²) in [6.45, 7) is 6.67. The molecule has 0 spiro atoms. The fourth-order valence-corrected chi connectivity index (χ4v) is 2.39. The number of aromatic nitrogens is 2. The van der Waals surface area contributed by atoms with Crippen molar-refractivity contribution in [1.82, 2.24) is 14.9 Å². The molecule has 0 bridgehead atoms. The number of H-pyrrole nitrogens is 1. The Morgan fingerprint density at radius 1 is 1.44 bits per heavy atom. The molecule has 1 aromatic heterocycles. The van der Waals surface area contributed by atoms with E-state index in [2.05, 4.69) is 27.1 Å². The number of likely N-dealkylation sites (tertiary alicyclic amines) is 1. The number of anilines is 1. The molecule has 5 nitrogen and oxygen atoms in total. The molecule has 0 aliphatic carbocycles. The molecule has 1 fully saturated rings. The fourth-order valence-electron chi connectivity index (χ4n) is 2.39. The first-order valence-corrected chi connectivity index (χ1v) is 6.75. The van der Waals surface area contributed by atoms with E-state index in [0.29, 0.717) is 11.7 Å². The van der Waals surface area contributed by atoms with Crippen LogP contribution in [0.2, 0.25) is 0 Å². The highest BCUT2D eigenvalue weighted by Crippen LogP contribution is 2.11. The fraction of sp³-hybridized carbons (Fsp3) is 0.692. The summed E-state index contributed by atoms with van der Waals surface area (Å²) in [6, 6.07) is 1.49. The predicted molar refractivity (Wildman–Crippen MR) is 72.8 cm³/mol. The Morgan fingerprint density at radius 3 is 2.94 bits per heavy atom. The second-order valence-electron chi connectivity index (χ2n) is 5.14. The summed E-state index contributed by atoms with van der Waals surface area (Å²) in [5.74, 6) is 1.22. The minimum atomic E-state index is -0.115. The van der Waals surface area contributed by atoms with Crippen molar-refractivity contribution in [2.75, 3.05) is 31.5 Å². The van der Waals surface area contributed by atoms with E-state index in [1.807, 2.05) is 0 Å². The minimum Gasteiger partial charge on any atom is -0.370 e. The largest absolute Gasteiger partial charge is 0.370 e. The van der Waals surface area contributed by atoms with Crippen LogP contribution in [0.25, 0.3) is 0 Å². The molecule has 2 N–H and O–H groups in total. The van der Waals surface area contributed by atoms with Gasteiger partial charge in [0.15, 0.2) is 0 Å². The summed E-state index contributed by atoms with van der Waals surface area (Å²) in [5, 5.41) is 3.22. The predicted octanol–water partition coefficient (Wildman–Crippen LogP) is 1.30. The van der Waals surface area contributed by atoms with Crippen molar-refractivity contribution >= 4 is 5.82 Å². The molecule has 1 aromatic rings. The third kappa shape index (κ3) is 4.14. The second kappa shape index (κ2) is 6.54. The van der Waals surface area contributed by atoms with Crippen LogP contribution in [0, 0.1) is 5.92 Å². The maximum Gasteiger partial charge on any atom is 0.252 e. The summed E-state index contributed by atoms with van der Waals surface area (Å²) in [7, 11) is 0. The van der Waals surface area contributed by atoms with E-state index in [4.69, 9.17) is 0 Å². The van der Waals surface area contributed by atoms with Crippen LogP contribution in [0.15, 0.2) is 17.2 Å². The molecule has 5 heteroatoms. The second-order valence-corrected chi connectivity index (χ2v) is 5.14. The molecule has 18 heavy (non-hydrogen) atoms. The van der Waals surface area contributed by atoms with E-state index in [-0.39, 0.29) is 5.56 Å². The highest BCUT2D eigenvalue weighted by atomic mass is 16.1. The van der Waals surface area contributed by atoms with Gasteiger partial charge in [-0.2, -0.15) is 0 Å². The van der Waals surface area contributed by atoms with E-state index in [9.17, 15) is 4.79 Å². The number of hydrogen-bond acceptors (Lipinski definition) is 4. The first kappa shape index (κ1) is 13.1. The SMILES string of the molecule is CC(CNc1cc(=O)[nH]cn1)CN1CCCCC1. The molecule has 2 rings (SSSR count). The van der Waals surface area contributed by atoms with Crippen molar-refractivity contribution in [3.63, 3.8) is 0 Å². The van der Waals surface area contributed by atoms with Gasteiger partial charge in [-0.3, -0.25) is 4.79 Å². The average Bonchev–Trinajstić information content (AvgIpc) is 2.38. The van der Waals surface area contributed by atoms with Crippen LogP contribution in [-0.4, -0.2) is 41.0 Å². The average molecular weight is 250 g/mol. The van der Waals surface area contributed by atoms with Crippen molar-refractivity contribution in [1.29, 1.82) is 0 Å². The lowest BCUT2D eigenvalue weighted by molar-refractivity contribution is 0.204. The van der Waals surface area contributed by atoms with E-state index in [0.717, 1.165) is 13.1 Å². The van der Waals surface area contributed by atoms with Gasteiger partial charge in [0.05, 0.1) is 6.33 Å². The lowest BCUT2D eigenvalue weighted by atomic mass is 10.1. The molecule has 1 aliphatic heterocycles. The highest BCUT2D eigenvalue weighted by Gasteiger charge is 2.13. The summed E-state index contributed by atoms with van der Waals surface area (Å²) in [4.78, 5) is 20.2. The van der Waals surface area contributed by atoms with Gasteiger partial charge in [-0.1, -0.05) is 13.3 Å². The lowest BCUT2D eigenvalue weighted by Crippen LogP contribution is -2.35. The third-order valence-corrected chi connectivity index (χ3v) is 3.33. The van der Waals surface area contributed by atoms with Crippen molar-refractivity contribution in [3.8, 4) is 0 Å². The van der Waals surface area contributed by atoms with E-state index in [1.165, 1.54) is 44.7 Å².